The van der Waals surface area contributed by atoms with Crippen molar-refractivity contribution in [1.29, 1.82) is 0 Å². The summed E-state index contributed by atoms with van der Waals surface area (Å²) in [6.07, 6.45) is 0. The summed E-state index contributed by atoms with van der Waals surface area (Å²) in [5, 5.41) is 2.34. The van der Waals surface area contributed by atoms with Gasteiger partial charge in [0.05, 0.1) is 17.7 Å². The molecule has 0 spiro atoms. The summed E-state index contributed by atoms with van der Waals surface area (Å²) in [5.74, 6) is 1.35. The smallest absolute Gasteiger partial charge is 0.134 e. The lowest BCUT2D eigenvalue weighted by Gasteiger charge is -2.10. The molecular weight excluding hydrogens is 316 g/mol. The standard InChI is InChI=1S/C14H14BrClO2/c15-14-12-4-2-1-3-11(12)5-6-13(14)18-10-9-17-8-7-16/h1-6H,7-10H2. The number of halogens is 2. The molecule has 4 heteroatoms. The van der Waals surface area contributed by atoms with E-state index in [-0.39, 0.29) is 0 Å². The van der Waals surface area contributed by atoms with Gasteiger partial charge in [-0.2, -0.15) is 0 Å². The SMILES string of the molecule is ClCCOCCOc1ccc2ccccc2c1Br. The van der Waals surface area contributed by atoms with E-state index in [1.165, 1.54) is 5.39 Å². The van der Waals surface area contributed by atoms with E-state index >= 15 is 0 Å². The van der Waals surface area contributed by atoms with Gasteiger partial charge in [0.15, 0.2) is 0 Å². The molecule has 2 rings (SSSR count). The average Bonchev–Trinajstić information content (AvgIpc) is 2.41. The van der Waals surface area contributed by atoms with Crippen molar-refractivity contribution in [3.8, 4) is 5.75 Å². The van der Waals surface area contributed by atoms with Crippen LogP contribution in [0.3, 0.4) is 0 Å². The Balaban J connectivity index is 2.03. The summed E-state index contributed by atoms with van der Waals surface area (Å²) in [4.78, 5) is 0. The van der Waals surface area contributed by atoms with Crippen LogP contribution in [0.4, 0.5) is 0 Å². The number of fused-ring (bicyclic) bond motifs is 1. The van der Waals surface area contributed by atoms with Crippen molar-refractivity contribution in [2.45, 2.75) is 0 Å². The summed E-state index contributed by atoms with van der Waals surface area (Å²) < 4.78 is 11.9. The number of benzene rings is 2. The number of alkyl halides is 1. The molecule has 0 saturated carbocycles. The zero-order chi connectivity index (χ0) is 12.8. The predicted molar refractivity (Wildman–Crippen MR) is 78.7 cm³/mol. The molecule has 96 valence electrons. The number of hydrogen-bond donors (Lipinski definition) is 0. The second-order valence-electron chi connectivity index (χ2n) is 3.75. The van der Waals surface area contributed by atoms with Crippen molar-refractivity contribution >= 4 is 38.3 Å². The fourth-order valence-corrected chi connectivity index (χ4v) is 2.41. The summed E-state index contributed by atoms with van der Waals surface area (Å²) in [6, 6.07) is 12.2. The third-order valence-corrected chi connectivity index (χ3v) is 3.51. The lowest BCUT2D eigenvalue weighted by Crippen LogP contribution is -2.08. The Labute approximate surface area is 120 Å². The fourth-order valence-electron chi connectivity index (χ4n) is 1.69. The zero-order valence-electron chi connectivity index (χ0n) is 9.86. The Morgan fingerprint density at radius 2 is 1.83 bits per heavy atom. The maximum absolute atomic E-state index is 5.68. The Morgan fingerprint density at radius 3 is 2.67 bits per heavy atom. The molecule has 0 fully saturated rings. The monoisotopic (exact) mass is 328 g/mol. The van der Waals surface area contributed by atoms with E-state index in [0.29, 0.717) is 25.7 Å². The van der Waals surface area contributed by atoms with Gasteiger partial charge in [-0.05, 0) is 32.8 Å². The van der Waals surface area contributed by atoms with E-state index in [1.54, 1.807) is 0 Å². The molecule has 0 saturated heterocycles. The van der Waals surface area contributed by atoms with Crippen LogP contribution in [-0.4, -0.2) is 25.7 Å². The summed E-state index contributed by atoms with van der Waals surface area (Å²) in [5.41, 5.74) is 0. The maximum atomic E-state index is 5.68. The maximum Gasteiger partial charge on any atom is 0.134 e. The molecule has 0 aliphatic rings. The minimum Gasteiger partial charge on any atom is -0.490 e. The molecule has 0 heterocycles. The van der Waals surface area contributed by atoms with Gasteiger partial charge in [0.2, 0.25) is 0 Å². The molecule has 2 aromatic rings. The Kier molecular flexibility index (Phi) is 5.29. The van der Waals surface area contributed by atoms with Gasteiger partial charge in [-0.3, -0.25) is 0 Å². The molecule has 2 nitrogen and oxygen atoms in total. The van der Waals surface area contributed by atoms with Gasteiger partial charge in [-0.1, -0.05) is 30.3 Å². The van der Waals surface area contributed by atoms with E-state index in [4.69, 9.17) is 21.1 Å². The van der Waals surface area contributed by atoms with Crippen molar-refractivity contribution < 1.29 is 9.47 Å². The van der Waals surface area contributed by atoms with E-state index < -0.39 is 0 Å². The van der Waals surface area contributed by atoms with Gasteiger partial charge in [-0.15, -0.1) is 11.6 Å². The van der Waals surface area contributed by atoms with Crippen LogP contribution in [0.25, 0.3) is 10.8 Å². The Hall–Kier alpha value is -0.770. The number of rotatable bonds is 6. The van der Waals surface area contributed by atoms with E-state index in [0.717, 1.165) is 15.6 Å². The largest absolute Gasteiger partial charge is 0.490 e. The molecule has 0 aliphatic heterocycles. The fraction of sp³-hybridized carbons (Fsp3) is 0.286. The van der Waals surface area contributed by atoms with Gasteiger partial charge in [0, 0.05) is 5.88 Å². The van der Waals surface area contributed by atoms with Crippen LogP contribution in [0.5, 0.6) is 5.75 Å². The quantitative estimate of drug-likeness (QED) is 0.583. The molecule has 0 atom stereocenters. The van der Waals surface area contributed by atoms with Gasteiger partial charge in [0.1, 0.15) is 12.4 Å². The van der Waals surface area contributed by atoms with Gasteiger partial charge in [0.25, 0.3) is 0 Å². The van der Waals surface area contributed by atoms with Gasteiger partial charge in [-0.25, -0.2) is 0 Å². The first-order chi connectivity index (χ1) is 8.83. The lowest BCUT2D eigenvalue weighted by molar-refractivity contribution is 0.111. The van der Waals surface area contributed by atoms with E-state index in [2.05, 4.69) is 34.1 Å². The second-order valence-corrected chi connectivity index (χ2v) is 4.92. The average molecular weight is 330 g/mol. The third-order valence-electron chi connectivity index (χ3n) is 2.53. The topological polar surface area (TPSA) is 18.5 Å². The number of hydrogen-bond acceptors (Lipinski definition) is 2. The molecule has 2 aromatic carbocycles. The van der Waals surface area contributed by atoms with E-state index in [9.17, 15) is 0 Å². The molecular formula is C14H14BrClO2. The van der Waals surface area contributed by atoms with Crippen LogP contribution < -0.4 is 4.74 Å². The summed E-state index contributed by atoms with van der Waals surface area (Å²) in [6.45, 7) is 1.63. The minimum atomic E-state index is 0.514. The minimum absolute atomic E-state index is 0.514. The zero-order valence-corrected chi connectivity index (χ0v) is 12.2. The van der Waals surface area contributed by atoms with Crippen molar-refractivity contribution in [2.75, 3.05) is 25.7 Å². The van der Waals surface area contributed by atoms with Crippen LogP contribution in [-0.2, 0) is 4.74 Å². The predicted octanol–water partition coefficient (Wildman–Crippen LogP) is 4.24. The Bertz CT molecular complexity index is 516. The number of ether oxygens (including phenoxy) is 2. The highest BCUT2D eigenvalue weighted by Gasteiger charge is 2.05. The molecule has 18 heavy (non-hydrogen) atoms. The Morgan fingerprint density at radius 1 is 1.00 bits per heavy atom. The first kappa shape index (κ1) is 13.7. The van der Waals surface area contributed by atoms with E-state index in [1.807, 2.05) is 18.2 Å². The first-order valence-corrected chi connectivity index (χ1v) is 7.09. The van der Waals surface area contributed by atoms with Crippen LogP contribution in [0.2, 0.25) is 0 Å². The summed E-state index contributed by atoms with van der Waals surface area (Å²) in [7, 11) is 0. The van der Waals surface area contributed by atoms with Gasteiger partial charge >= 0.3 is 0 Å². The first-order valence-electron chi connectivity index (χ1n) is 5.76. The van der Waals surface area contributed by atoms with Crippen molar-refractivity contribution in [2.24, 2.45) is 0 Å². The highest BCUT2D eigenvalue weighted by Crippen LogP contribution is 2.32. The van der Waals surface area contributed by atoms with Crippen LogP contribution >= 0.6 is 27.5 Å². The lowest BCUT2D eigenvalue weighted by atomic mass is 10.1. The molecule has 0 N–H and O–H groups in total. The normalized spacial score (nSPS) is 10.8. The highest BCUT2D eigenvalue weighted by molar-refractivity contribution is 9.10. The highest BCUT2D eigenvalue weighted by atomic mass is 79.9. The summed E-state index contributed by atoms with van der Waals surface area (Å²) >= 11 is 9.09. The second kappa shape index (κ2) is 6.98. The molecule has 0 aliphatic carbocycles. The van der Waals surface area contributed by atoms with Crippen molar-refractivity contribution in [1.82, 2.24) is 0 Å². The molecule has 0 bridgehead atoms. The van der Waals surface area contributed by atoms with Crippen LogP contribution in [0.15, 0.2) is 40.9 Å². The van der Waals surface area contributed by atoms with Crippen molar-refractivity contribution in [3.05, 3.63) is 40.9 Å². The molecule has 0 amide bonds. The van der Waals surface area contributed by atoms with Crippen LogP contribution in [0.1, 0.15) is 0 Å². The van der Waals surface area contributed by atoms with Crippen molar-refractivity contribution in [3.63, 3.8) is 0 Å². The van der Waals surface area contributed by atoms with Crippen LogP contribution in [0, 0.1) is 0 Å². The molecule has 0 radical (unpaired) electrons. The van der Waals surface area contributed by atoms with Gasteiger partial charge < -0.3 is 9.47 Å². The molecule has 0 aromatic heterocycles. The third kappa shape index (κ3) is 3.37. The molecule has 0 unspecified atom stereocenters.